The highest BCUT2D eigenvalue weighted by Gasteiger charge is 2.28. The van der Waals surface area contributed by atoms with Gasteiger partial charge in [-0.05, 0) is 40.2 Å². The van der Waals surface area contributed by atoms with E-state index in [1.54, 1.807) is 29.6 Å². The number of furan rings is 1. The van der Waals surface area contributed by atoms with E-state index in [-0.39, 0.29) is 17.0 Å². The number of fused-ring (bicyclic) bond motifs is 1. The van der Waals surface area contributed by atoms with Crippen LogP contribution in [0.25, 0.3) is 11.0 Å². The fraction of sp³-hybridized carbons (Fsp3) is 0.111. The van der Waals surface area contributed by atoms with Gasteiger partial charge < -0.3 is 15.1 Å². The van der Waals surface area contributed by atoms with E-state index in [0.29, 0.717) is 15.4 Å². The minimum atomic E-state index is -4.53. The molecule has 0 fully saturated rings. The van der Waals surface area contributed by atoms with E-state index in [1.165, 1.54) is 24.3 Å². The molecule has 0 bridgehead atoms. The summed E-state index contributed by atoms with van der Waals surface area (Å²) in [6.07, 6.45) is -4.53. The number of benzene rings is 2. The normalized spacial score (nSPS) is 11.4. The van der Waals surface area contributed by atoms with Crippen LogP contribution < -0.4 is 10.6 Å². The van der Waals surface area contributed by atoms with Crippen molar-refractivity contribution in [3.05, 3.63) is 64.3 Å². The van der Waals surface area contributed by atoms with Crippen molar-refractivity contribution in [3.8, 4) is 0 Å². The molecular formula is C18H12BrF3N2O3. The molecule has 3 rings (SSSR count). The van der Waals surface area contributed by atoms with Crippen molar-refractivity contribution in [1.29, 1.82) is 0 Å². The number of para-hydroxylation sites is 2. The summed E-state index contributed by atoms with van der Waals surface area (Å²) in [6.45, 7) is -1.47. The average molecular weight is 441 g/mol. The number of hydrogen-bond acceptors (Lipinski definition) is 3. The Morgan fingerprint density at radius 2 is 1.78 bits per heavy atom. The number of nitrogens with one attached hydrogen (secondary N) is 2. The van der Waals surface area contributed by atoms with E-state index >= 15 is 0 Å². The van der Waals surface area contributed by atoms with E-state index in [0.717, 1.165) is 0 Å². The highest BCUT2D eigenvalue weighted by atomic mass is 79.9. The Hall–Kier alpha value is -2.81. The monoisotopic (exact) mass is 440 g/mol. The topological polar surface area (TPSA) is 71.3 Å². The van der Waals surface area contributed by atoms with Crippen LogP contribution in [0, 0.1) is 0 Å². The smallest absolute Gasteiger partial charge is 0.405 e. The van der Waals surface area contributed by atoms with Crippen LogP contribution in [0.4, 0.5) is 18.9 Å². The number of halogens is 4. The zero-order valence-corrected chi connectivity index (χ0v) is 15.1. The Bertz CT molecular complexity index is 1010. The molecule has 2 amide bonds. The maximum absolute atomic E-state index is 12.5. The molecule has 5 nitrogen and oxygen atoms in total. The maximum atomic E-state index is 12.5. The van der Waals surface area contributed by atoms with Crippen LogP contribution in [0.5, 0.6) is 0 Å². The van der Waals surface area contributed by atoms with Gasteiger partial charge in [0.25, 0.3) is 11.8 Å². The first-order valence-electron chi connectivity index (χ1n) is 7.68. The van der Waals surface area contributed by atoms with Gasteiger partial charge in [-0.1, -0.05) is 24.3 Å². The predicted octanol–water partition coefficient (Wildman–Crippen LogP) is 4.74. The molecule has 0 aliphatic carbocycles. The summed E-state index contributed by atoms with van der Waals surface area (Å²) in [6, 6.07) is 12.6. The van der Waals surface area contributed by atoms with E-state index in [1.807, 2.05) is 0 Å². The van der Waals surface area contributed by atoms with Crippen LogP contribution in [-0.4, -0.2) is 24.5 Å². The molecule has 140 valence electrons. The molecule has 3 aromatic rings. The van der Waals surface area contributed by atoms with Gasteiger partial charge in [-0.15, -0.1) is 0 Å². The van der Waals surface area contributed by atoms with Gasteiger partial charge in [0.05, 0.1) is 15.7 Å². The van der Waals surface area contributed by atoms with Crippen molar-refractivity contribution in [2.45, 2.75) is 6.18 Å². The molecule has 0 atom stereocenters. The number of hydrogen-bond donors (Lipinski definition) is 2. The van der Waals surface area contributed by atoms with E-state index < -0.39 is 24.5 Å². The molecule has 2 aromatic carbocycles. The number of carbonyl (C=O) groups excluding carboxylic acids is 2. The van der Waals surface area contributed by atoms with Crippen molar-refractivity contribution in [1.82, 2.24) is 5.32 Å². The molecule has 27 heavy (non-hydrogen) atoms. The quantitative estimate of drug-likeness (QED) is 0.615. The van der Waals surface area contributed by atoms with E-state index in [2.05, 4.69) is 21.2 Å². The van der Waals surface area contributed by atoms with Crippen molar-refractivity contribution >= 4 is 44.4 Å². The van der Waals surface area contributed by atoms with Gasteiger partial charge in [0.2, 0.25) is 0 Å². The predicted molar refractivity (Wildman–Crippen MR) is 96.7 cm³/mol. The summed E-state index contributed by atoms with van der Waals surface area (Å²) in [5.74, 6) is -1.58. The number of anilines is 1. The first-order valence-corrected chi connectivity index (χ1v) is 8.47. The van der Waals surface area contributed by atoms with Gasteiger partial charge in [-0.3, -0.25) is 9.59 Å². The SMILES string of the molecule is O=C(Nc1ccccc1C(=O)NCC(F)(F)F)c1cc2cccc(Br)c2o1. The van der Waals surface area contributed by atoms with Crippen molar-refractivity contribution in [3.63, 3.8) is 0 Å². The summed E-state index contributed by atoms with van der Waals surface area (Å²) in [5, 5.41) is 4.97. The van der Waals surface area contributed by atoms with Gasteiger partial charge >= 0.3 is 6.18 Å². The average Bonchev–Trinajstić information content (AvgIpc) is 3.05. The fourth-order valence-corrected chi connectivity index (χ4v) is 2.85. The summed E-state index contributed by atoms with van der Waals surface area (Å²) in [4.78, 5) is 24.5. The lowest BCUT2D eigenvalue weighted by molar-refractivity contribution is -0.123. The number of amides is 2. The minimum absolute atomic E-state index is 0.00222. The highest BCUT2D eigenvalue weighted by Crippen LogP contribution is 2.27. The molecule has 2 N–H and O–H groups in total. The molecule has 0 spiro atoms. The second-order valence-corrected chi connectivity index (χ2v) is 6.42. The molecule has 0 radical (unpaired) electrons. The lowest BCUT2D eigenvalue weighted by Gasteiger charge is -2.12. The third kappa shape index (κ3) is 4.48. The van der Waals surface area contributed by atoms with Crippen LogP contribution in [0.3, 0.4) is 0 Å². The third-order valence-corrected chi connectivity index (χ3v) is 4.21. The van der Waals surface area contributed by atoms with Crippen LogP contribution >= 0.6 is 15.9 Å². The van der Waals surface area contributed by atoms with Gasteiger partial charge in [0, 0.05) is 5.39 Å². The lowest BCUT2D eigenvalue weighted by atomic mass is 10.1. The standard InChI is InChI=1S/C18H12BrF3N2O3/c19-12-6-3-4-10-8-14(27-15(10)12)17(26)24-13-7-2-1-5-11(13)16(25)23-9-18(20,21)22/h1-8H,9H2,(H,23,25)(H,24,26). The Balaban J connectivity index is 1.81. The highest BCUT2D eigenvalue weighted by molar-refractivity contribution is 9.10. The van der Waals surface area contributed by atoms with Crippen molar-refractivity contribution < 1.29 is 27.2 Å². The molecule has 1 aromatic heterocycles. The molecule has 0 aliphatic heterocycles. The molecule has 0 saturated carbocycles. The zero-order chi connectivity index (χ0) is 19.6. The molecular weight excluding hydrogens is 429 g/mol. The van der Waals surface area contributed by atoms with E-state index in [4.69, 9.17) is 4.42 Å². The van der Waals surface area contributed by atoms with Gasteiger partial charge in [-0.2, -0.15) is 13.2 Å². The maximum Gasteiger partial charge on any atom is 0.405 e. The van der Waals surface area contributed by atoms with Crippen LogP contribution in [0.15, 0.2) is 57.4 Å². The Morgan fingerprint density at radius 3 is 2.48 bits per heavy atom. The number of rotatable bonds is 4. The summed E-state index contributed by atoms with van der Waals surface area (Å²) in [5.41, 5.74) is 0.466. The third-order valence-electron chi connectivity index (χ3n) is 3.59. The van der Waals surface area contributed by atoms with Crippen molar-refractivity contribution in [2.75, 3.05) is 11.9 Å². The van der Waals surface area contributed by atoms with Gasteiger partial charge in [-0.25, -0.2) is 0 Å². The first-order chi connectivity index (χ1) is 12.7. The van der Waals surface area contributed by atoms with Gasteiger partial charge in [0.15, 0.2) is 5.76 Å². The second kappa shape index (κ2) is 7.43. The molecule has 0 aliphatic rings. The van der Waals surface area contributed by atoms with Crippen molar-refractivity contribution in [2.24, 2.45) is 0 Å². The number of carbonyl (C=O) groups is 2. The molecule has 1 heterocycles. The Labute approximate surface area is 159 Å². The summed E-state index contributed by atoms with van der Waals surface area (Å²) >= 11 is 3.32. The fourth-order valence-electron chi connectivity index (χ4n) is 2.39. The Morgan fingerprint density at radius 1 is 1.04 bits per heavy atom. The van der Waals surface area contributed by atoms with Crippen LogP contribution in [-0.2, 0) is 0 Å². The zero-order valence-electron chi connectivity index (χ0n) is 13.6. The van der Waals surface area contributed by atoms with Crippen LogP contribution in [0.2, 0.25) is 0 Å². The number of alkyl halides is 3. The van der Waals surface area contributed by atoms with E-state index in [9.17, 15) is 22.8 Å². The molecule has 0 saturated heterocycles. The molecule has 9 heteroatoms. The minimum Gasteiger partial charge on any atom is -0.450 e. The summed E-state index contributed by atoms with van der Waals surface area (Å²) in [7, 11) is 0. The molecule has 0 unspecified atom stereocenters. The Kier molecular flexibility index (Phi) is 5.22. The van der Waals surface area contributed by atoms with Crippen LogP contribution in [0.1, 0.15) is 20.9 Å². The summed E-state index contributed by atoms with van der Waals surface area (Å²) < 4.78 is 43.1. The van der Waals surface area contributed by atoms with Gasteiger partial charge in [0.1, 0.15) is 12.1 Å². The lowest BCUT2D eigenvalue weighted by Crippen LogP contribution is -2.34. The second-order valence-electron chi connectivity index (χ2n) is 5.57. The first kappa shape index (κ1) is 19.0. The largest absolute Gasteiger partial charge is 0.450 e.